The molecule has 1 heterocycles. The van der Waals surface area contributed by atoms with Crippen LogP contribution in [0.3, 0.4) is 0 Å². The lowest BCUT2D eigenvalue weighted by Crippen LogP contribution is -2.56. The van der Waals surface area contributed by atoms with Crippen LogP contribution in [0.1, 0.15) is 11.1 Å². The molecule has 2 amide bonds. The van der Waals surface area contributed by atoms with Gasteiger partial charge in [0.2, 0.25) is 0 Å². The summed E-state index contributed by atoms with van der Waals surface area (Å²) in [6.07, 6.45) is 1.49. The monoisotopic (exact) mass is 558 g/mol. The van der Waals surface area contributed by atoms with E-state index in [4.69, 9.17) is 40.2 Å². The van der Waals surface area contributed by atoms with Crippen molar-refractivity contribution in [3.63, 3.8) is 0 Å². The predicted octanol–water partition coefficient (Wildman–Crippen LogP) is 7.32. The Hall–Kier alpha value is -3.97. The molecule has 5 rings (SSSR count). The first-order chi connectivity index (χ1) is 18.4. The molecule has 188 valence electrons. The number of nitrogens with zero attached hydrogens (tertiary/aromatic N) is 2. The fraction of sp³-hybridized carbons (Fsp3) is 0.0333. The van der Waals surface area contributed by atoms with Gasteiger partial charge < -0.3 is 4.74 Å². The summed E-state index contributed by atoms with van der Waals surface area (Å²) in [5.74, 6) is -0.654. The van der Waals surface area contributed by atoms with Crippen molar-refractivity contribution in [3.05, 3.63) is 130 Å². The van der Waals surface area contributed by atoms with Crippen LogP contribution in [-0.4, -0.2) is 16.9 Å². The molecule has 1 aliphatic heterocycles. The summed E-state index contributed by atoms with van der Waals surface area (Å²) in [6.45, 7) is 0.190. The van der Waals surface area contributed by atoms with E-state index in [1.54, 1.807) is 72.8 Å². The average molecular weight is 559 g/mol. The zero-order valence-corrected chi connectivity index (χ0v) is 22.2. The third kappa shape index (κ3) is 5.20. The summed E-state index contributed by atoms with van der Waals surface area (Å²) >= 11 is 18.3. The first kappa shape index (κ1) is 25.7. The van der Waals surface area contributed by atoms with Crippen LogP contribution in [0.2, 0.25) is 10.0 Å². The Morgan fingerprint density at radius 3 is 1.87 bits per heavy atom. The molecule has 4 aromatic rings. The molecule has 0 radical (unpaired) electrons. The van der Waals surface area contributed by atoms with Gasteiger partial charge in [-0.25, -0.2) is 0 Å². The normalized spacial score (nSPS) is 13.6. The Morgan fingerprint density at radius 1 is 0.737 bits per heavy atom. The van der Waals surface area contributed by atoms with E-state index in [-0.39, 0.29) is 17.3 Å². The Labute approximate surface area is 235 Å². The number of hydrogen-bond donors (Lipinski definition) is 0. The highest BCUT2D eigenvalue weighted by Crippen LogP contribution is 2.32. The molecular formula is C30H20Cl2N2O3S. The number of halogens is 2. The van der Waals surface area contributed by atoms with E-state index >= 15 is 0 Å². The topological polar surface area (TPSA) is 49.9 Å². The second-order valence-corrected chi connectivity index (χ2v) is 9.56. The van der Waals surface area contributed by atoms with Gasteiger partial charge in [-0.15, -0.1) is 0 Å². The zero-order chi connectivity index (χ0) is 26.6. The summed E-state index contributed by atoms with van der Waals surface area (Å²) in [5.41, 5.74) is 2.26. The fourth-order valence-electron chi connectivity index (χ4n) is 4.03. The summed E-state index contributed by atoms with van der Waals surface area (Å²) in [6, 6.07) is 30.3. The third-order valence-electron chi connectivity index (χ3n) is 5.89. The lowest BCUT2D eigenvalue weighted by molar-refractivity contribution is -0.120. The smallest absolute Gasteiger partial charge is 0.270 e. The number of para-hydroxylation sites is 2. The molecule has 1 saturated heterocycles. The van der Waals surface area contributed by atoms with E-state index in [1.165, 1.54) is 15.9 Å². The average Bonchev–Trinajstić information content (AvgIpc) is 2.93. The maximum atomic E-state index is 13.8. The van der Waals surface area contributed by atoms with Crippen LogP contribution < -0.4 is 14.5 Å². The van der Waals surface area contributed by atoms with E-state index < -0.39 is 11.8 Å². The minimum absolute atomic E-state index is 0.0656. The SMILES string of the molecule is O=C1C(=Cc2cc(Cl)ccc2OCc2ccccc2Cl)C(=O)N(c2ccccc2)C(=S)N1c1ccccc1. The largest absolute Gasteiger partial charge is 0.488 e. The van der Waals surface area contributed by atoms with Crippen LogP contribution in [0.25, 0.3) is 6.08 Å². The van der Waals surface area contributed by atoms with Crippen LogP contribution in [-0.2, 0) is 16.2 Å². The zero-order valence-electron chi connectivity index (χ0n) is 19.9. The lowest BCUT2D eigenvalue weighted by atomic mass is 10.0. The van der Waals surface area contributed by atoms with E-state index in [0.717, 1.165) is 5.56 Å². The lowest BCUT2D eigenvalue weighted by Gasteiger charge is -2.36. The molecule has 8 heteroatoms. The highest BCUT2D eigenvalue weighted by atomic mass is 35.5. The van der Waals surface area contributed by atoms with Crippen LogP contribution in [0, 0.1) is 0 Å². The van der Waals surface area contributed by atoms with Gasteiger partial charge in [-0.1, -0.05) is 77.8 Å². The molecule has 0 spiro atoms. The van der Waals surface area contributed by atoms with Gasteiger partial charge in [-0.05, 0) is 66.8 Å². The van der Waals surface area contributed by atoms with Crippen LogP contribution in [0.15, 0.2) is 109 Å². The number of carbonyl (C=O) groups excluding carboxylic acids is 2. The Morgan fingerprint density at radius 2 is 1.29 bits per heavy atom. The highest BCUT2D eigenvalue weighted by molar-refractivity contribution is 7.81. The summed E-state index contributed by atoms with van der Waals surface area (Å²) < 4.78 is 6.05. The summed E-state index contributed by atoms with van der Waals surface area (Å²) in [4.78, 5) is 30.3. The van der Waals surface area contributed by atoms with Crippen molar-refractivity contribution < 1.29 is 14.3 Å². The summed E-state index contributed by atoms with van der Waals surface area (Å²) in [7, 11) is 0. The van der Waals surface area contributed by atoms with Crippen molar-refractivity contribution in [2.24, 2.45) is 0 Å². The van der Waals surface area contributed by atoms with Crippen LogP contribution in [0.4, 0.5) is 11.4 Å². The van der Waals surface area contributed by atoms with Gasteiger partial charge >= 0.3 is 0 Å². The Bertz CT molecular complexity index is 1500. The molecule has 1 fully saturated rings. The number of amides is 2. The molecular weight excluding hydrogens is 539 g/mol. The van der Waals surface area contributed by atoms with Crippen molar-refractivity contribution in [2.45, 2.75) is 6.61 Å². The molecule has 0 saturated carbocycles. The van der Waals surface area contributed by atoms with Crippen LogP contribution >= 0.6 is 35.4 Å². The Kier molecular flexibility index (Phi) is 7.56. The van der Waals surface area contributed by atoms with Gasteiger partial charge in [0, 0.05) is 21.2 Å². The maximum absolute atomic E-state index is 13.8. The van der Waals surface area contributed by atoms with Gasteiger partial charge in [0.25, 0.3) is 11.8 Å². The first-order valence-electron chi connectivity index (χ1n) is 11.6. The van der Waals surface area contributed by atoms with Crippen molar-refractivity contribution in [1.29, 1.82) is 0 Å². The molecule has 0 bridgehead atoms. The minimum Gasteiger partial charge on any atom is -0.488 e. The first-order valence-corrected chi connectivity index (χ1v) is 12.8. The van der Waals surface area contributed by atoms with Crippen molar-refractivity contribution in [3.8, 4) is 5.75 Å². The number of thiocarbonyl (C=S) groups is 1. The van der Waals surface area contributed by atoms with E-state index in [9.17, 15) is 9.59 Å². The van der Waals surface area contributed by atoms with Gasteiger partial charge in [0.1, 0.15) is 17.9 Å². The van der Waals surface area contributed by atoms with Gasteiger partial charge in [-0.2, -0.15) is 0 Å². The molecule has 0 unspecified atom stereocenters. The molecule has 0 N–H and O–H groups in total. The van der Waals surface area contributed by atoms with Gasteiger partial charge in [0.15, 0.2) is 5.11 Å². The van der Waals surface area contributed by atoms with Crippen molar-refractivity contribution in [2.75, 3.05) is 9.80 Å². The predicted molar refractivity (Wildman–Crippen MR) is 156 cm³/mol. The maximum Gasteiger partial charge on any atom is 0.270 e. The number of rotatable bonds is 6. The quantitative estimate of drug-likeness (QED) is 0.141. The van der Waals surface area contributed by atoms with E-state index in [0.29, 0.717) is 32.7 Å². The minimum atomic E-state index is -0.546. The highest BCUT2D eigenvalue weighted by Gasteiger charge is 2.41. The number of ether oxygens (including phenoxy) is 1. The molecule has 0 atom stereocenters. The second kappa shape index (κ2) is 11.2. The molecule has 0 aromatic heterocycles. The van der Waals surface area contributed by atoms with Crippen molar-refractivity contribution in [1.82, 2.24) is 0 Å². The second-order valence-electron chi connectivity index (χ2n) is 8.36. The molecule has 4 aromatic carbocycles. The number of benzene rings is 4. The van der Waals surface area contributed by atoms with Gasteiger partial charge in [-0.3, -0.25) is 19.4 Å². The third-order valence-corrected chi connectivity index (χ3v) is 6.86. The summed E-state index contributed by atoms with van der Waals surface area (Å²) in [5, 5.41) is 1.06. The molecule has 38 heavy (non-hydrogen) atoms. The van der Waals surface area contributed by atoms with Gasteiger partial charge in [0.05, 0.1) is 11.4 Å². The molecule has 0 aliphatic carbocycles. The standard InChI is InChI=1S/C30H20Cl2N2O3S/c31-22-15-16-27(37-19-20-9-7-8-14-26(20)32)21(17-22)18-25-28(35)33(23-10-3-1-4-11-23)30(38)34(29(25)36)24-12-5-2-6-13-24/h1-18H,19H2. The van der Waals surface area contributed by atoms with Crippen molar-refractivity contribution >= 4 is 69.8 Å². The Balaban J connectivity index is 1.59. The fourth-order valence-corrected chi connectivity index (χ4v) is 4.78. The molecule has 1 aliphatic rings. The number of carbonyl (C=O) groups is 2. The molecule has 5 nitrogen and oxygen atoms in total. The van der Waals surface area contributed by atoms with Crippen LogP contribution in [0.5, 0.6) is 5.75 Å². The van der Waals surface area contributed by atoms with E-state index in [1.807, 2.05) is 30.3 Å². The number of anilines is 2. The number of hydrogen-bond acceptors (Lipinski definition) is 4. The van der Waals surface area contributed by atoms with E-state index in [2.05, 4.69) is 0 Å².